The van der Waals surface area contributed by atoms with E-state index >= 15 is 0 Å². The molecule has 17 heavy (non-hydrogen) atoms. The predicted molar refractivity (Wildman–Crippen MR) is 69.7 cm³/mol. The molecule has 0 atom stereocenters. The van der Waals surface area contributed by atoms with Crippen molar-refractivity contribution in [1.82, 2.24) is 0 Å². The van der Waals surface area contributed by atoms with Crippen LogP contribution in [0.2, 0.25) is 5.02 Å². The zero-order chi connectivity index (χ0) is 12.3. The maximum absolute atomic E-state index is 10.3. The Kier molecular flexibility index (Phi) is 3.92. The number of hydrogen-bond acceptors (Lipinski definition) is 3. The normalized spacial score (nSPS) is 19.0. The topological polar surface area (TPSA) is 41.5 Å². The number of benzene rings is 1. The van der Waals surface area contributed by atoms with Crippen LogP contribution in [0, 0.1) is 6.92 Å². The maximum atomic E-state index is 10.3. The lowest BCUT2D eigenvalue weighted by atomic mass is 9.94. The zero-order valence-electron chi connectivity index (χ0n) is 10.0. The average Bonchev–Trinajstić information content (AvgIpc) is 2.31. The van der Waals surface area contributed by atoms with Gasteiger partial charge in [0.25, 0.3) is 0 Å². The fourth-order valence-corrected chi connectivity index (χ4v) is 2.14. The summed E-state index contributed by atoms with van der Waals surface area (Å²) in [7, 11) is 0. The first kappa shape index (κ1) is 12.7. The molecule has 0 amide bonds. The van der Waals surface area contributed by atoms with Crippen LogP contribution in [-0.2, 0) is 4.74 Å². The molecule has 4 heteroatoms. The van der Waals surface area contributed by atoms with E-state index in [0.717, 1.165) is 11.3 Å². The molecule has 1 fully saturated rings. The second kappa shape index (κ2) is 5.25. The van der Waals surface area contributed by atoms with Crippen molar-refractivity contribution < 1.29 is 9.84 Å². The van der Waals surface area contributed by atoms with Crippen LogP contribution in [0.15, 0.2) is 18.2 Å². The molecule has 1 heterocycles. The molecule has 0 unspecified atom stereocenters. The summed E-state index contributed by atoms with van der Waals surface area (Å²) in [5.41, 5.74) is 1.45. The highest BCUT2D eigenvalue weighted by molar-refractivity contribution is 6.30. The molecule has 0 aliphatic carbocycles. The minimum atomic E-state index is -0.660. The Morgan fingerprint density at radius 3 is 2.82 bits per heavy atom. The minimum absolute atomic E-state index is 0.539. The summed E-state index contributed by atoms with van der Waals surface area (Å²) in [4.78, 5) is 0. The largest absolute Gasteiger partial charge is 0.388 e. The van der Waals surface area contributed by atoms with E-state index < -0.39 is 5.60 Å². The van der Waals surface area contributed by atoms with Crippen LogP contribution in [0.3, 0.4) is 0 Å². The van der Waals surface area contributed by atoms with Gasteiger partial charge in [0.2, 0.25) is 0 Å². The van der Waals surface area contributed by atoms with Crippen LogP contribution >= 0.6 is 11.6 Å². The van der Waals surface area contributed by atoms with Gasteiger partial charge in [0.05, 0.1) is 5.60 Å². The van der Waals surface area contributed by atoms with E-state index in [-0.39, 0.29) is 0 Å². The number of aliphatic hydroxyl groups is 1. The third-order valence-corrected chi connectivity index (χ3v) is 3.47. The molecule has 1 aliphatic rings. The molecule has 3 nitrogen and oxygen atoms in total. The number of halogens is 1. The Labute approximate surface area is 107 Å². The highest BCUT2D eigenvalue weighted by atomic mass is 35.5. The molecule has 0 bridgehead atoms. The van der Waals surface area contributed by atoms with Crippen molar-refractivity contribution >= 4 is 17.3 Å². The Morgan fingerprint density at radius 2 is 2.12 bits per heavy atom. The Bertz CT molecular complexity index is 389. The molecule has 1 saturated heterocycles. The van der Waals surface area contributed by atoms with Gasteiger partial charge in [-0.15, -0.1) is 0 Å². The van der Waals surface area contributed by atoms with E-state index in [2.05, 4.69) is 5.32 Å². The number of hydrogen-bond donors (Lipinski definition) is 2. The van der Waals surface area contributed by atoms with Crippen LogP contribution in [0.25, 0.3) is 0 Å². The quantitative estimate of drug-likeness (QED) is 0.872. The van der Waals surface area contributed by atoms with Crippen LogP contribution in [-0.4, -0.2) is 30.5 Å². The van der Waals surface area contributed by atoms with E-state index in [9.17, 15) is 5.11 Å². The van der Waals surface area contributed by atoms with Crippen molar-refractivity contribution in [2.24, 2.45) is 0 Å². The molecule has 1 aliphatic heterocycles. The summed E-state index contributed by atoms with van der Waals surface area (Å²) in [5, 5.41) is 14.3. The van der Waals surface area contributed by atoms with Gasteiger partial charge in [0.1, 0.15) is 0 Å². The molecule has 1 aromatic carbocycles. The van der Waals surface area contributed by atoms with Crippen molar-refractivity contribution in [3.8, 4) is 0 Å². The van der Waals surface area contributed by atoms with Crippen molar-refractivity contribution in [2.75, 3.05) is 25.1 Å². The second-order valence-electron chi connectivity index (χ2n) is 4.65. The lowest BCUT2D eigenvalue weighted by Crippen LogP contribution is -2.42. The molecule has 2 N–H and O–H groups in total. The van der Waals surface area contributed by atoms with Crippen molar-refractivity contribution in [3.63, 3.8) is 0 Å². The van der Waals surface area contributed by atoms with E-state index in [1.165, 1.54) is 0 Å². The SMILES string of the molecule is Cc1ccc(Cl)cc1NCC1(O)CCOCC1. The fraction of sp³-hybridized carbons (Fsp3) is 0.538. The van der Waals surface area contributed by atoms with Gasteiger partial charge in [0.15, 0.2) is 0 Å². The van der Waals surface area contributed by atoms with E-state index in [1.54, 1.807) is 0 Å². The van der Waals surface area contributed by atoms with Crippen LogP contribution < -0.4 is 5.32 Å². The first-order valence-electron chi connectivity index (χ1n) is 5.89. The molecule has 2 rings (SSSR count). The van der Waals surface area contributed by atoms with Gasteiger partial charge in [0, 0.05) is 43.3 Å². The van der Waals surface area contributed by atoms with E-state index in [4.69, 9.17) is 16.3 Å². The van der Waals surface area contributed by atoms with Gasteiger partial charge in [-0.05, 0) is 24.6 Å². The maximum Gasteiger partial charge on any atom is 0.0863 e. The molecule has 0 saturated carbocycles. The lowest BCUT2D eigenvalue weighted by Gasteiger charge is -2.32. The number of ether oxygens (including phenoxy) is 1. The number of aryl methyl sites for hydroxylation is 1. The smallest absolute Gasteiger partial charge is 0.0863 e. The van der Waals surface area contributed by atoms with Crippen molar-refractivity contribution in [1.29, 1.82) is 0 Å². The van der Waals surface area contributed by atoms with Crippen LogP contribution in [0.5, 0.6) is 0 Å². The van der Waals surface area contributed by atoms with Crippen LogP contribution in [0.1, 0.15) is 18.4 Å². The molecular formula is C13H18ClNO2. The Hall–Kier alpha value is -0.770. The summed E-state index contributed by atoms with van der Waals surface area (Å²) >= 11 is 5.95. The van der Waals surface area contributed by atoms with Gasteiger partial charge in [-0.2, -0.15) is 0 Å². The summed E-state index contributed by atoms with van der Waals surface area (Å²) in [6, 6.07) is 5.73. The first-order chi connectivity index (χ1) is 8.09. The first-order valence-corrected chi connectivity index (χ1v) is 6.27. The van der Waals surface area contributed by atoms with Gasteiger partial charge in [-0.1, -0.05) is 17.7 Å². The molecule has 0 aromatic heterocycles. The van der Waals surface area contributed by atoms with Crippen LogP contribution in [0.4, 0.5) is 5.69 Å². The monoisotopic (exact) mass is 255 g/mol. The molecule has 94 valence electrons. The summed E-state index contributed by atoms with van der Waals surface area (Å²) in [6.07, 6.45) is 1.36. The van der Waals surface area contributed by atoms with Gasteiger partial charge >= 0.3 is 0 Å². The Balaban J connectivity index is 1.99. The second-order valence-corrected chi connectivity index (χ2v) is 5.09. The van der Waals surface area contributed by atoms with Crippen molar-refractivity contribution in [2.45, 2.75) is 25.4 Å². The minimum Gasteiger partial charge on any atom is -0.388 e. The van der Waals surface area contributed by atoms with Crippen molar-refractivity contribution in [3.05, 3.63) is 28.8 Å². The van der Waals surface area contributed by atoms with Gasteiger partial charge < -0.3 is 15.2 Å². The third kappa shape index (κ3) is 3.35. The van der Waals surface area contributed by atoms with E-state index in [0.29, 0.717) is 37.6 Å². The lowest BCUT2D eigenvalue weighted by molar-refractivity contribution is -0.0543. The van der Waals surface area contributed by atoms with Gasteiger partial charge in [-0.3, -0.25) is 0 Å². The predicted octanol–water partition coefficient (Wildman–Crippen LogP) is 2.60. The fourth-order valence-electron chi connectivity index (χ4n) is 1.97. The number of rotatable bonds is 3. The number of anilines is 1. The number of nitrogens with one attached hydrogen (secondary N) is 1. The zero-order valence-corrected chi connectivity index (χ0v) is 10.8. The molecule has 0 spiro atoms. The third-order valence-electron chi connectivity index (χ3n) is 3.23. The Morgan fingerprint density at radius 1 is 1.41 bits per heavy atom. The molecule has 1 aromatic rings. The standard InChI is InChI=1S/C13H18ClNO2/c1-10-2-3-11(14)8-12(10)15-9-13(16)4-6-17-7-5-13/h2-3,8,15-16H,4-7,9H2,1H3. The summed E-state index contributed by atoms with van der Waals surface area (Å²) in [5.74, 6) is 0. The average molecular weight is 256 g/mol. The molecular weight excluding hydrogens is 238 g/mol. The highest BCUT2D eigenvalue weighted by Crippen LogP contribution is 2.24. The van der Waals surface area contributed by atoms with Gasteiger partial charge in [-0.25, -0.2) is 0 Å². The summed E-state index contributed by atoms with van der Waals surface area (Å²) < 4.78 is 5.25. The van der Waals surface area contributed by atoms with E-state index in [1.807, 2.05) is 25.1 Å². The summed E-state index contributed by atoms with van der Waals surface area (Å²) in [6.45, 7) is 3.82. The highest BCUT2D eigenvalue weighted by Gasteiger charge is 2.29. The molecule has 0 radical (unpaired) electrons.